The van der Waals surface area contributed by atoms with Gasteiger partial charge in [-0.05, 0) is 37.0 Å². The molecule has 0 aromatic carbocycles. The number of ether oxygens (including phenoxy) is 1. The first-order valence-electron chi connectivity index (χ1n) is 5.42. The highest BCUT2D eigenvalue weighted by atomic mass is 16.5. The Hall–Kier alpha value is -0.890. The van der Waals surface area contributed by atoms with E-state index >= 15 is 0 Å². The summed E-state index contributed by atoms with van der Waals surface area (Å²) in [5, 5.41) is 0. The maximum Gasteiger partial charge on any atom is 0.0549 e. The van der Waals surface area contributed by atoms with Crippen molar-refractivity contribution in [2.75, 3.05) is 13.2 Å². The predicted molar refractivity (Wildman–Crippen MR) is 56.4 cm³/mol. The van der Waals surface area contributed by atoms with Crippen molar-refractivity contribution < 1.29 is 4.74 Å². The first-order chi connectivity index (χ1) is 6.90. The Morgan fingerprint density at radius 3 is 3.21 bits per heavy atom. The summed E-state index contributed by atoms with van der Waals surface area (Å²) in [4.78, 5) is 4.43. The van der Waals surface area contributed by atoms with E-state index in [4.69, 9.17) is 4.74 Å². The van der Waals surface area contributed by atoms with Gasteiger partial charge in [-0.1, -0.05) is 6.92 Å². The maximum atomic E-state index is 5.47. The number of aryl methyl sites for hydroxylation is 1. The van der Waals surface area contributed by atoms with Gasteiger partial charge in [-0.15, -0.1) is 0 Å². The molecular formula is C12H17NO. The Labute approximate surface area is 85.3 Å². The molecule has 1 atom stereocenters. The van der Waals surface area contributed by atoms with Crippen molar-refractivity contribution in [3.63, 3.8) is 0 Å². The van der Waals surface area contributed by atoms with Crippen molar-refractivity contribution in [2.24, 2.45) is 0 Å². The van der Waals surface area contributed by atoms with Gasteiger partial charge < -0.3 is 4.74 Å². The molecule has 1 fully saturated rings. The lowest BCUT2D eigenvalue weighted by atomic mass is 9.97. The minimum Gasteiger partial charge on any atom is -0.381 e. The fourth-order valence-corrected chi connectivity index (χ4v) is 1.91. The fraction of sp³-hybridized carbons (Fsp3) is 0.583. The van der Waals surface area contributed by atoms with E-state index < -0.39 is 0 Å². The molecule has 1 aromatic rings. The van der Waals surface area contributed by atoms with E-state index in [1.165, 1.54) is 24.1 Å². The third-order valence-corrected chi connectivity index (χ3v) is 2.83. The third-order valence-electron chi connectivity index (χ3n) is 2.83. The molecule has 1 unspecified atom stereocenters. The van der Waals surface area contributed by atoms with E-state index in [2.05, 4.69) is 24.0 Å². The molecule has 0 bridgehead atoms. The molecule has 1 saturated heterocycles. The van der Waals surface area contributed by atoms with E-state index in [0.717, 1.165) is 19.6 Å². The molecule has 0 saturated carbocycles. The Balaban J connectivity index is 2.13. The van der Waals surface area contributed by atoms with Gasteiger partial charge in [0, 0.05) is 24.4 Å². The van der Waals surface area contributed by atoms with Gasteiger partial charge in [-0.25, -0.2) is 0 Å². The zero-order chi connectivity index (χ0) is 9.80. The summed E-state index contributed by atoms with van der Waals surface area (Å²) in [6.45, 7) is 3.95. The molecule has 2 heteroatoms. The van der Waals surface area contributed by atoms with Gasteiger partial charge >= 0.3 is 0 Å². The Morgan fingerprint density at radius 2 is 2.50 bits per heavy atom. The minimum absolute atomic E-state index is 0.523. The van der Waals surface area contributed by atoms with Crippen LogP contribution in [-0.4, -0.2) is 18.2 Å². The number of nitrogens with zero attached hydrogens (tertiary/aromatic N) is 1. The molecule has 14 heavy (non-hydrogen) atoms. The van der Waals surface area contributed by atoms with Gasteiger partial charge in [0.15, 0.2) is 0 Å². The van der Waals surface area contributed by atoms with Crippen LogP contribution in [0.5, 0.6) is 0 Å². The monoisotopic (exact) mass is 191 g/mol. The van der Waals surface area contributed by atoms with Crippen molar-refractivity contribution in [3.05, 3.63) is 29.6 Å². The lowest BCUT2D eigenvalue weighted by Gasteiger charge is -2.21. The molecule has 0 spiro atoms. The minimum atomic E-state index is 0.523. The van der Waals surface area contributed by atoms with Crippen molar-refractivity contribution in [2.45, 2.75) is 32.1 Å². The smallest absolute Gasteiger partial charge is 0.0549 e. The van der Waals surface area contributed by atoms with Crippen LogP contribution in [0, 0.1) is 0 Å². The topological polar surface area (TPSA) is 22.1 Å². The van der Waals surface area contributed by atoms with Crippen LogP contribution in [0.4, 0.5) is 0 Å². The Bertz CT molecular complexity index is 292. The summed E-state index contributed by atoms with van der Waals surface area (Å²) in [5.74, 6) is 0.523. The summed E-state index contributed by atoms with van der Waals surface area (Å²) < 4.78 is 5.47. The molecule has 1 aliphatic rings. The highest BCUT2D eigenvalue weighted by Gasteiger charge is 2.16. The first-order valence-corrected chi connectivity index (χ1v) is 5.42. The standard InChI is InChI=1S/C12H17NO/c1-2-10-5-6-13-12(8-10)11-4-3-7-14-9-11/h5-6,8,11H,2-4,7,9H2,1H3. The van der Waals surface area contributed by atoms with Crippen LogP contribution in [0.15, 0.2) is 18.3 Å². The van der Waals surface area contributed by atoms with Gasteiger partial charge in [-0.2, -0.15) is 0 Å². The first kappa shape index (κ1) is 9.66. The maximum absolute atomic E-state index is 5.47. The number of hydrogen-bond donors (Lipinski definition) is 0. The van der Waals surface area contributed by atoms with Crippen LogP contribution in [-0.2, 0) is 11.2 Å². The lowest BCUT2D eigenvalue weighted by molar-refractivity contribution is 0.0793. The molecule has 1 aliphatic heterocycles. The highest BCUT2D eigenvalue weighted by molar-refractivity contribution is 5.19. The second-order valence-corrected chi connectivity index (χ2v) is 3.86. The predicted octanol–water partition coefficient (Wildman–Crippen LogP) is 2.54. The molecule has 0 radical (unpaired) electrons. The van der Waals surface area contributed by atoms with E-state index in [1.807, 2.05) is 6.20 Å². The molecule has 76 valence electrons. The summed E-state index contributed by atoms with van der Waals surface area (Å²) in [7, 11) is 0. The molecule has 2 nitrogen and oxygen atoms in total. The number of hydrogen-bond acceptors (Lipinski definition) is 2. The van der Waals surface area contributed by atoms with Crippen molar-refractivity contribution in [1.29, 1.82) is 0 Å². The molecule has 0 amide bonds. The molecule has 2 rings (SSSR count). The molecule has 0 aliphatic carbocycles. The van der Waals surface area contributed by atoms with Crippen molar-refractivity contribution >= 4 is 0 Å². The van der Waals surface area contributed by atoms with E-state index in [9.17, 15) is 0 Å². The molecule has 2 heterocycles. The second kappa shape index (κ2) is 4.56. The molecular weight excluding hydrogens is 174 g/mol. The fourth-order valence-electron chi connectivity index (χ4n) is 1.91. The van der Waals surface area contributed by atoms with E-state index in [1.54, 1.807) is 0 Å². The zero-order valence-corrected chi connectivity index (χ0v) is 8.70. The Kier molecular flexibility index (Phi) is 3.14. The van der Waals surface area contributed by atoms with Crippen LogP contribution in [0.1, 0.15) is 36.9 Å². The average molecular weight is 191 g/mol. The summed E-state index contributed by atoms with van der Waals surface area (Å²) in [6.07, 6.45) is 5.40. The lowest BCUT2D eigenvalue weighted by Crippen LogP contribution is -2.16. The quantitative estimate of drug-likeness (QED) is 0.716. The molecule has 1 aromatic heterocycles. The third kappa shape index (κ3) is 2.13. The van der Waals surface area contributed by atoms with Crippen LogP contribution < -0.4 is 0 Å². The van der Waals surface area contributed by atoms with Gasteiger partial charge in [0.05, 0.1) is 6.61 Å². The normalized spacial score (nSPS) is 22.2. The van der Waals surface area contributed by atoms with Crippen LogP contribution >= 0.6 is 0 Å². The van der Waals surface area contributed by atoms with E-state index in [-0.39, 0.29) is 0 Å². The number of pyridine rings is 1. The second-order valence-electron chi connectivity index (χ2n) is 3.86. The molecule has 0 N–H and O–H groups in total. The van der Waals surface area contributed by atoms with E-state index in [0.29, 0.717) is 5.92 Å². The largest absolute Gasteiger partial charge is 0.381 e. The average Bonchev–Trinajstić information content (AvgIpc) is 2.30. The van der Waals surface area contributed by atoms with Gasteiger partial charge in [-0.3, -0.25) is 4.98 Å². The van der Waals surface area contributed by atoms with Crippen LogP contribution in [0.25, 0.3) is 0 Å². The highest BCUT2D eigenvalue weighted by Crippen LogP contribution is 2.24. The van der Waals surface area contributed by atoms with Gasteiger partial charge in [0.2, 0.25) is 0 Å². The SMILES string of the molecule is CCc1ccnc(C2CCCOC2)c1. The van der Waals surface area contributed by atoms with Gasteiger partial charge in [0.25, 0.3) is 0 Å². The van der Waals surface area contributed by atoms with Crippen LogP contribution in [0.3, 0.4) is 0 Å². The van der Waals surface area contributed by atoms with Crippen molar-refractivity contribution in [1.82, 2.24) is 4.98 Å². The summed E-state index contributed by atoms with van der Waals surface area (Å²) >= 11 is 0. The summed E-state index contributed by atoms with van der Waals surface area (Å²) in [6, 6.07) is 4.31. The number of rotatable bonds is 2. The van der Waals surface area contributed by atoms with Crippen molar-refractivity contribution in [3.8, 4) is 0 Å². The number of aromatic nitrogens is 1. The van der Waals surface area contributed by atoms with Crippen LogP contribution in [0.2, 0.25) is 0 Å². The zero-order valence-electron chi connectivity index (χ0n) is 8.70. The summed E-state index contributed by atoms with van der Waals surface area (Å²) in [5.41, 5.74) is 2.59. The Morgan fingerprint density at radius 1 is 1.57 bits per heavy atom. The van der Waals surface area contributed by atoms with Gasteiger partial charge in [0.1, 0.15) is 0 Å².